The summed E-state index contributed by atoms with van der Waals surface area (Å²) in [4.78, 5) is 25.7. The molecule has 0 unspecified atom stereocenters. The largest absolute Gasteiger partial charge is 0.591 e. The SMILES string of the molecule is CC(C)(C)[S@@+]([O-])N=Cc1nc(N(C(=O)O)C(=O)O)ccc1Cl. The lowest BCUT2D eigenvalue weighted by Gasteiger charge is -2.17. The van der Waals surface area contributed by atoms with E-state index in [1.807, 2.05) is 0 Å². The average molecular weight is 348 g/mol. The van der Waals surface area contributed by atoms with Crippen LogP contribution in [0.1, 0.15) is 26.5 Å². The highest BCUT2D eigenvalue weighted by Gasteiger charge is 2.27. The molecule has 0 saturated heterocycles. The maximum atomic E-state index is 11.8. The van der Waals surface area contributed by atoms with Crippen molar-refractivity contribution in [2.45, 2.75) is 25.5 Å². The fraction of sp³-hybridized carbons (Fsp3) is 0.333. The maximum Gasteiger partial charge on any atom is 0.422 e. The Kier molecular flexibility index (Phi) is 5.75. The molecular formula is C12H14ClN3O5S. The third-order valence-electron chi connectivity index (χ3n) is 2.26. The normalized spacial score (nSPS) is 13.1. The van der Waals surface area contributed by atoms with Crippen molar-refractivity contribution in [2.24, 2.45) is 4.40 Å². The molecule has 0 bridgehead atoms. The van der Waals surface area contributed by atoms with E-state index < -0.39 is 28.3 Å². The van der Waals surface area contributed by atoms with Crippen LogP contribution in [-0.2, 0) is 11.4 Å². The summed E-state index contributed by atoms with van der Waals surface area (Å²) in [7, 11) is 0. The Hall–Kier alpha value is -1.84. The van der Waals surface area contributed by atoms with E-state index in [0.717, 1.165) is 12.3 Å². The van der Waals surface area contributed by atoms with Gasteiger partial charge in [-0.15, -0.1) is 0 Å². The summed E-state index contributed by atoms with van der Waals surface area (Å²) in [6.45, 7) is 5.17. The summed E-state index contributed by atoms with van der Waals surface area (Å²) in [6.07, 6.45) is -2.29. The number of nitrogens with zero attached hydrogens (tertiary/aromatic N) is 3. The van der Waals surface area contributed by atoms with Gasteiger partial charge >= 0.3 is 12.2 Å². The van der Waals surface area contributed by atoms with E-state index in [4.69, 9.17) is 21.8 Å². The second-order valence-electron chi connectivity index (χ2n) is 5.03. The lowest BCUT2D eigenvalue weighted by atomic mass is 10.3. The Morgan fingerprint density at radius 2 is 1.91 bits per heavy atom. The molecule has 0 aromatic carbocycles. The van der Waals surface area contributed by atoms with Crippen molar-refractivity contribution in [2.75, 3.05) is 4.90 Å². The lowest BCUT2D eigenvalue weighted by molar-refractivity contribution is 0.184. The van der Waals surface area contributed by atoms with Crippen LogP contribution in [-0.4, -0.2) is 42.9 Å². The number of anilines is 1. The number of rotatable bonds is 3. The molecule has 1 rings (SSSR count). The molecule has 0 fully saturated rings. The molecule has 0 aliphatic carbocycles. The zero-order chi connectivity index (χ0) is 17.1. The first-order valence-corrected chi connectivity index (χ1v) is 7.41. The molecule has 1 atom stereocenters. The van der Waals surface area contributed by atoms with Gasteiger partial charge in [0.05, 0.1) is 5.02 Å². The van der Waals surface area contributed by atoms with Gasteiger partial charge in [-0.25, -0.2) is 14.6 Å². The topological polar surface area (TPSA) is 126 Å². The predicted molar refractivity (Wildman–Crippen MR) is 83.3 cm³/mol. The van der Waals surface area contributed by atoms with Crippen LogP contribution < -0.4 is 4.90 Å². The van der Waals surface area contributed by atoms with Crippen LogP contribution in [0.5, 0.6) is 0 Å². The van der Waals surface area contributed by atoms with Gasteiger partial charge < -0.3 is 14.8 Å². The number of halogens is 1. The molecule has 22 heavy (non-hydrogen) atoms. The summed E-state index contributed by atoms with van der Waals surface area (Å²) in [6, 6.07) is 2.42. The number of pyridine rings is 1. The standard InChI is InChI=1S/C12H14ClN3O5S/c1-12(2,3)22(21)14-6-8-7(13)4-5-9(15-8)16(10(17)18)11(19)20/h4-6H,1-3H3,(H,17,18)(H,19,20)/t22-/m1/s1. The van der Waals surface area contributed by atoms with E-state index in [1.54, 1.807) is 20.8 Å². The number of hydrogen-bond donors (Lipinski definition) is 2. The van der Waals surface area contributed by atoms with E-state index in [9.17, 15) is 14.1 Å². The predicted octanol–water partition coefficient (Wildman–Crippen LogP) is 2.78. The van der Waals surface area contributed by atoms with Crippen LogP contribution >= 0.6 is 11.6 Å². The minimum Gasteiger partial charge on any atom is -0.591 e. The Morgan fingerprint density at radius 3 is 2.36 bits per heavy atom. The van der Waals surface area contributed by atoms with Crippen molar-refractivity contribution in [3.8, 4) is 0 Å². The third kappa shape index (κ3) is 4.58. The van der Waals surface area contributed by atoms with E-state index in [-0.39, 0.29) is 21.4 Å². The number of aromatic nitrogens is 1. The Balaban J connectivity index is 3.18. The molecule has 1 heterocycles. The van der Waals surface area contributed by atoms with Gasteiger partial charge in [0.2, 0.25) is 0 Å². The second-order valence-corrected chi connectivity index (χ2v) is 7.37. The van der Waals surface area contributed by atoms with Gasteiger partial charge in [-0.2, -0.15) is 4.90 Å². The minimum atomic E-state index is -1.71. The molecule has 10 heteroatoms. The van der Waals surface area contributed by atoms with E-state index in [2.05, 4.69) is 9.38 Å². The van der Waals surface area contributed by atoms with Gasteiger partial charge in [-0.05, 0) is 32.9 Å². The molecule has 0 saturated carbocycles. The highest BCUT2D eigenvalue weighted by molar-refractivity contribution is 7.91. The fourth-order valence-corrected chi connectivity index (χ4v) is 1.86. The van der Waals surface area contributed by atoms with Crippen molar-refractivity contribution in [3.63, 3.8) is 0 Å². The van der Waals surface area contributed by atoms with Crippen molar-refractivity contribution >= 4 is 47.2 Å². The van der Waals surface area contributed by atoms with E-state index in [0.29, 0.717) is 0 Å². The van der Waals surface area contributed by atoms with Gasteiger partial charge in [-0.1, -0.05) is 16.0 Å². The van der Waals surface area contributed by atoms with E-state index in [1.165, 1.54) is 6.07 Å². The number of carboxylic acid groups (broad SMARTS) is 2. The van der Waals surface area contributed by atoms with Gasteiger partial charge in [0.1, 0.15) is 33.8 Å². The van der Waals surface area contributed by atoms with Crippen LogP contribution in [0.4, 0.5) is 15.4 Å². The Morgan fingerprint density at radius 1 is 1.36 bits per heavy atom. The summed E-state index contributed by atoms with van der Waals surface area (Å²) in [5.74, 6) is -0.354. The second kappa shape index (κ2) is 6.95. The van der Waals surface area contributed by atoms with E-state index >= 15 is 0 Å². The van der Waals surface area contributed by atoms with Gasteiger partial charge in [0.25, 0.3) is 0 Å². The van der Waals surface area contributed by atoms with Crippen molar-refractivity contribution in [1.82, 2.24) is 4.98 Å². The van der Waals surface area contributed by atoms with Crippen LogP contribution in [0.25, 0.3) is 0 Å². The molecule has 2 N–H and O–H groups in total. The van der Waals surface area contributed by atoms with Crippen LogP contribution in [0.15, 0.2) is 16.5 Å². The Labute approximate surface area is 134 Å². The fourth-order valence-electron chi connectivity index (χ4n) is 1.20. The van der Waals surface area contributed by atoms with Crippen molar-refractivity contribution in [1.29, 1.82) is 0 Å². The van der Waals surface area contributed by atoms with Gasteiger partial charge in [-0.3, -0.25) is 0 Å². The van der Waals surface area contributed by atoms with Crippen molar-refractivity contribution in [3.05, 3.63) is 22.8 Å². The minimum absolute atomic E-state index is 0.0178. The number of imide groups is 1. The van der Waals surface area contributed by atoms with Gasteiger partial charge in [0, 0.05) is 0 Å². The molecular weight excluding hydrogens is 334 g/mol. The first-order chi connectivity index (χ1) is 10.0. The van der Waals surface area contributed by atoms with Crippen molar-refractivity contribution < 1.29 is 24.4 Å². The molecule has 0 spiro atoms. The molecule has 0 aliphatic rings. The molecule has 1 aromatic heterocycles. The zero-order valence-electron chi connectivity index (χ0n) is 12.0. The summed E-state index contributed by atoms with van der Waals surface area (Å²) < 4.78 is 15.0. The average Bonchev–Trinajstić information content (AvgIpc) is 2.36. The molecule has 0 radical (unpaired) electrons. The number of carbonyl (C=O) groups is 2. The molecule has 0 aliphatic heterocycles. The van der Waals surface area contributed by atoms with Crippen LogP contribution in [0.3, 0.4) is 0 Å². The summed E-state index contributed by atoms with van der Waals surface area (Å²) in [5.41, 5.74) is 0.0178. The zero-order valence-corrected chi connectivity index (χ0v) is 13.6. The molecule has 2 amide bonds. The molecule has 1 aromatic rings. The number of amides is 2. The molecule has 120 valence electrons. The quantitative estimate of drug-likeness (QED) is 0.639. The lowest BCUT2D eigenvalue weighted by Crippen LogP contribution is -2.35. The van der Waals surface area contributed by atoms with Crippen LogP contribution in [0.2, 0.25) is 5.02 Å². The maximum absolute atomic E-state index is 11.8. The first-order valence-electron chi connectivity index (χ1n) is 5.92. The Bertz CT molecular complexity index is 603. The smallest absolute Gasteiger partial charge is 0.422 e. The first kappa shape index (κ1) is 18.2. The van der Waals surface area contributed by atoms with Crippen LogP contribution in [0, 0.1) is 0 Å². The highest BCUT2D eigenvalue weighted by atomic mass is 35.5. The number of hydrogen-bond acceptors (Lipinski definition) is 5. The summed E-state index contributed by atoms with van der Waals surface area (Å²) >= 11 is 4.34. The summed E-state index contributed by atoms with van der Waals surface area (Å²) in [5, 5.41) is 17.9. The third-order valence-corrected chi connectivity index (χ3v) is 3.93. The molecule has 8 nitrogen and oxygen atoms in total. The van der Waals surface area contributed by atoms with Gasteiger partial charge in [0.15, 0.2) is 0 Å². The highest BCUT2D eigenvalue weighted by Crippen LogP contribution is 2.21. The monoisotopic (exact) mass is 347 g/mol.